The third kappa shape index (κ3) is 7.18. The number of fused-ring (bicyclic) bond motifs is 1. The fourth-order valence-electron chi connectivity index (χ4n) is 4.14. The number of hydrogen-bond acceptors (Lipinski definition) is 12. The van der Waals surface area contributed by atoms with Gasteiger partial charge in [-0.2, -0.15) is 15.0 Å². The van der Waals surface area contributed by atoms with E-state index in [1.807, 2.05) is 18.2 Å². The van der Waals surface area contributed by atoms with Crippen LogP contribution < -0.4 is 49.2 Å². The van der Waals surface area contributed by atoms with Gasteiger partial charge in [-0.05, 0) is 56.2 Å². The smallest absolute Gasteiger partial charge is 0.231 e. The summed E-state index contributed by atoms with van der Waals surface area (Å²) in [7, 11) is 0. The van der Waals surface area contributed by atoms with Gasteiger partial charge in [-0.3, -0.25) is 0 Å². The highest BCUT2D eigenvalue weighted by Gasteiger charge is 2.20. The van der Waals surface area contributed by atoms with Crippen molar-refractivity contribution in [3.05, 3.63) is 23.8 Å². The second kappa shape index (κ2) is 14.6. The zero-order valence-electron chi connectivity index (χ0n) is 20.0. The summed E-state index contributed by atoms with van der Waals surface area (Å²) in [5.74, 6) is 3.83. The van der Waals surface area contributed by atoms with Crippen LogP contribution in [0.4, 0.5) is 17.8 Å². The molecule has 0 radical (unpaired) electrons. The summed E-state index contributed by atoms with van der Waals surface area (Å²) in [5.41, 5.74) is 1.11. The van der Waals surface area contributed by atoms with Gasteiger partial charge in [0.25, 0.3) is 0 Å². The first-order valence-corrected chi connectivity index (χ1v) is 10.7. The Morgan fingerprint density at radius 1 is 0.735 bits per heavy atom. The van der Waals surface area contributed by atoms with Crippen LogP contribution in [0.1, 0.15) is 49.8 Å². The Labute approximate surface area is 213 Å². The Balaban J connectivity index is -0.000000403. The molecule has 5 rings (SSSR count). The number of piperidine rings is 2. The first kappa shape index (κ1) is 31.4. The monoisotopic (exact) mass is 508 g/mol. The van der Waals surface area contributed by atoms with Crippen molar-refractivity contribution < 1.29 is 15.2 Å². The molecule has 1 aromatic carbocycles. The molecule has 2 aromatic rings. The maximum absolute atomic E-state index is 5.48. The van der Waals surface area contributed by atoms with Crippen LogP contribution >= 0.6 is 12.4 Å². The van der Waals surface area contributed by atoms with Gasteiger partial charge in [0.05, 0.1) is 0 Å². The van der Waals surface area contributed by atoms with Crippen molar-refractivity contribution in [2.24, 2.45) is 0 Å². The van der Waals surface area contributed by atoms with Crippen molar-refractivity contribution in [1.29, 1.82) is 0 Å². The van der Waals surface area contributed by atoms with Crippen molar-refractivity contribution in [2.75, 3.05) is 48.1 Å². The van der Waals surface area contributed by atoms with Crippen LogP contribution in [0.5, 0.6) is 11.5 Å². The number of nitrogens with one attached hydrogen (secondary N) is 1. The van der Waals surface area contributed by atoms with E-state index in [-0.39, 0.29) is 49.5 Å². The summed E-state index contributed by atoms with van der Waals surface area (Å²) in [4.78, 5) is 18.9. The fourth-order valence-corrected chi connectivity index (χ4v) is 4.14. The van der Waals surface area contributed by atoms with Crippen LogP contribution in [-0.4, -0.2) is 47.9 Å². The van der Waals surface area contributed by atoms with Crippen molar-refractivity contribution >= 4 is 30.3 Å². The van der Waals surface area contributed by atoms with Crippen molar-refractivity contribution in [1.82, 2.24) is 39.6 Å². The Bertz CT molecular complexity index is 846. The Hall–Kier alpha value is -2.64. The molecule has 0 unspecified atom stereocenters. The van der Waals surface area contributed by atoms with E-state index in [0.29, 0.717) is 12.5 Å². The first-order chi connectivity index (χ1) is 14.3. The summed E-state index contributed by atoms with van der Waals surface area (Å²) < 4.78 is 10.9. The predicted molar refractivity (Wildman–Crippen MR) is 148 cm³/mol. The molecule has 3 aliphatic rings. The first-order valence-electron chi connectivity index (χ1n) is 10.7. The lowest BCUT2D eigenvalue weighted by atomic mass is 10.1. The average molecular weight is 509 g/mol. The fraction of sp³-hybridized carbons (Fsp3) is 0.571. The predicted octanol–water partition coefficient (Wildman–Crippen LogP) is 5.25. The van der Waals surface area contributed by atoms with Crippen molar-refractivity contribution in [3.63, 3.8) is 0 Å². The van der Waals surface area contributed by atoms with Gasteiger partial charge < -0.3 is 49.2 Å². The van der Waals surface area contributed by atoms with E-state index in [4.69, 9.17) is 24.4 Å². The van der Waals surface area contributed by atoms with Gasteiger partial charge in [0.1, 0.15) is 0 Å². The van der Waals surface area contributed by atoms with Gasteiger partial charge in [-0.25, -0.2) is 0 Å². The topological polar surface area (TPSA) is 216 Å². The summed E-state index contributed by atoms with van der Waals surface area (Å²) >= 11 is 0. The Morgan fingerprint density at radius 3 is 1.82 bits per heavy atom. The largest absolute Gasteiger partial charge is 0.454 e. The third-order valence-electron chi connectivity index (χ3n) is 5.78. The molecule has 2 fully saturated rings. The minimum atomic E-state index is 0. The van der Waals surface area contributed by atoms with E-state index < -0.39 is 0 Å². The van der Waals surface area contributed by atoms with Crippen LogP contribution in [0, 0.1) is 0 Å². The number of ether oxygens (including phenoxy) is 2. The molecule has 34 heavy (non-hydrogen) atoms. The zero-order chi connectivity index (χ0) is 19.5. The van der Waals surface area contributed by atoms with Gasteiger partial charge in [0.15, 0.2) is 11.5 Å². The molecule has 13 heteroatoms. The van der Waals surface area contributed by atoms with Gasteiger partial charge in [0, 0.05) is 38.4 Å². The molecular weight excluding hydrogens is 460 g/mol. The second-order valence-corrected chi connectivity index (χ2v) is 7.90. The molecule has 0 amide bonds. The lowest BCUT2D eigenvalue weighted by Gasteiger charge is -2.30. The average Bonchev–Trinajstić information content (AvgIpc) is 3.27. The summed E-state index contributed by atoms with van der Waals surface area (Å²) in [5, 5.41) is 3.40. The second-order valence-electron chi connectivity index (χ2n) is 7.90. The van der Waals surface area contributed by atoms with E-state index in [2.05, 4.69) is 15.1 Å². The maximum atomic E-state index is 5.48. The van der Waals surface area contributed by atoms with Gasteiger partial charge >= 0.3 is 0 Å². The van der Waals surface area contributed by atoms with E-state index in [9.17, 15) is 0 Å². The minimum Gasteiger partial charge on any atom is -0.454 e. The normalized spacial score (nSPS) is 16.0. The summed E-state index contributed by atoms with van der Waals surface area (Å²) in [6, 6.07) is 6.00. The molecule has 12 nitrogen and oxygen atoms in total. The van der Waals surface area contributed by atoms with E-state index in [1.54, 1.807) is 0 Å². The number of anilines is 3. The number of nitrogens with zero attached hydrogens (tertiary/aromatic N) is 5. The van der Waals surface area contributed by atoms with E-state index in [1.165, 1.54) is 38.5 Å². The zero-order valence-corrected chi connectivity index (χ0v) is 20.8. The number of rotatable bonds is 5. The molecule has 13 N–H and O–H groups in total. The Morgan fingerprint density at radius 2 is 1.26 bits per heavy atom. The van der Waals surface area contributed by atoms with Gasteiger partial charge in [-0.1, -0.05) is 6.07 Å². The number of halogens is 1. The Kier molecular flexibility index (Phi) is 13.5. The highest BCUT2D eigenvalue weighted by molar-refractivity contribution is 5.85. The molecule has 0 spiro atoms. The number of aromatic nitrogens is 3. The molecule has 0 saturated carbocycles. The van der Waals surface area contributed by atoms with Crippen molar-refractivity contribution in [3.8, 4) is 11.5 Å². The minimum absolute atomic E-state index is 0. The molecule has 0 aliphatic carbocycles. The van der Waals surface area contributed by atoms with Crippen LogP contribution in [0.25, 0.3) is 0 Å². The van der Waals surface area contributed by atoms with Gasteiger partial charge in [-0.15, -0.1) is 12.4 Å². The lowest BCUT2D eigenvalue weighted by Crippen LogP contribution is -2.34. The summed E-state index contributed by atoms with van der Waals surface area (Å²) in [6.45, 7) is 4.99. The molecular formula is C21H49ClN10O2. The number of benzene rings is 1. The molecule has 0 bridgehead atoms. The van der Waals surface area contributed by atoms with Crippen molar-refractivity contribution in [2.45, 2.75) is 45.1 Å². The molecule has 2 saturated heterocycles. The quantitative estimate of drug-likeness (QED) is 0.349. The molecule has 4 heterocycles. The van der Waals surface area contributed by atoms with Gasteiger partial charge in [0.2, 0.25) is 24.6 Å². The maximum Gasteiger partial charge on any atom is 0.231 e. The third-order valence-corrected chi connectivity index (χ3v) is 5.78. The van der Waals surface area contributed by atoms with Crippen LogP contribution in [0.3, 0.4) is 0 Å². The molecule has 202 valence electrons. The van der Waals surface area contributed by atoms with E-state index in [0.717, 1.165) is 55.1 Å². The summed E-state index contributed by atoms with van der Waals surface area (Å²) in [6.07, 6.45) is 7.37. The lowest BCUT2D eigenvalue weighted by molar-refractivity contribution is 0.174. The van der Waals surface area contributed by atoms with Crippen LogP contribution in [-0.2, 0) is 6.54 Å². The standard InChI is InChI=1S/C21H28N6O2.ClH.4H3N.4H2/c1-3-9-26(10-4-1)20-23-19(24-21(25-20)27-11-5-2-6-12-27)22-14-16-7-8-17-18(13-16)29-15-28-17;;;;;;;;;/h7-8,13H,1-6,9-12,14-15H2,(H,22,23,24,25);1H;4*1H3;4*1H. The molecule has 3 aliphatic heterocycles. The molecule has 0 atom stereocenters. The highest BCUT2D eigenvalue weighted by Crippen LogP contribution is 2.32. The van der Waals surface area contributed by atoms with Crippen LogP contribution in [0.2, 0.25) is 0 Å². The SMILES string of the molecule is Cl.N.N.N.N.[HH].[HH].[HH].[HH].c1cc2c(cc1CNc1nc(N3CCCCC3)nc(N3CCCCC3)n1)OCO2. The molecule has 1 aromatic heterocycles. The van der Waals surface area contributed by atoms with Crippen LogP contribution in [0.15, 0.2) is 18.2 Å². The highest BCUT2D eigenvalue weighted by atomic mass is 35.5. The number of hydrogen-bond donors (Lipinski definition) is 5. The van der Waals surface area contributed by atoms with E-state index >= 15 is 0 Å².